The summed E-state index contributed by atoms with van der Waals surface area (Å²) in [6, 6.07) is 2.83. The van der Waals surface area contributed by atoms with Crippen molar-refractivity contribution in [3.63, 3.8) is 0 Å². The van der Waals surface area contributed by atoms with Gasteiger partial charge in [0.15, 0.2) is 0 Å². The molecule has 4 heteroatoms. The Morgan fingerprint density at radius 2 is 2.00 bits per heavy atom. The van der Waals surface area contributed by atoms with Gasteiger partial charge in [-0.2, -0.15) is 0 Å². The summed E-state index contributed by atoms with van der Waals surface area (Å²) in [6.07, 6.45) is 9.78. The average Bonchev–Trinajstić information content (AvgIpc) is 2.87. The van der Waals surface area contributed by atoms with Crippen LogP contribution in [0.15, 0.2) is 15.3 Å². The molecule has 0 spiro atoms. The SMILES string of the molecule is CCN(CC)CCc1cc(C=NC2CCCCC2)c(S)s1. The fourth-order valence-electron chi connectivity index (χ4n) is 2.89. The van der Waals surface area contributed by atoms with E-state index < -0.39 is 0 Å². The molecule has 0 atom stereocenters. The summed E-state index contributed by atoms with van der Waals surface area (Å²) < 4.78 is 1.11. The number of hydrogen-bond acceptors (Lipinski definition) is 4. The van der Waals surface area contributed by atoms with Gasteiger partial charge in [0.1, 0.15) is 0 Å². The summed E-state index contributed by atoms with van der Waals surface area (Å²) in [5.41, 5.74) is 1.21. The van der Waals surface area contributed by atoms with Crippen LogP contribution in [0, 0.1) is 0 Å². The average molecular weight is 325 g/mol. The van der Waals surface area contributed by atoms with Crippen LogP contribution in [-0.2, 0) is 6.42 Å². The molecule has 0 aromatic carbocycles. The minimum Gasteiger partial charge on any atom is -0.304 e. The maximum Gasteiger partial charge on any atom is 0.0658 e. The molecule has 2 nitrogen and oxygen atoms in total. The number of thiophene rings is 1. The number of thiol groups is 1. The second-order valence-electron chi connectivity index (χ2n) is 5.82. The lowest BCUT2D eigenvalue weighted by molar-refractivity contribution is 0.308. The molecule has 0 unspecified atom stereocenters. The van der Waals surface area contributed by atoms with E-state index in [1.807, 2.05) is 11.3 Å². The van der Waals surface area contributed by atoms with Crippen molar-refractivity contribution < 1.29 is 0 Å². The van der Waals surface area contributed by atoms with Gasteiger partial charge in [-0.1, -0.05) is 33.1 Å². The molecule has 0 radical (unpaired) electrons. The summed E-state index contributed by atoms with van der Waals surface area (Å²) >= 11 is 6.43. The molecule has 1 aliphatic carbocycles. The molecule has 1 heterocycles. The maximum atomic E-state index is 4.78. The minimum absolute atomic E-state index is 0.547. The first-order chi connectivity index (χ1) is 10.2. The number of rotatable bonds is 7. The Kier molecular flexibility index (Phi) is 7.27. The lowest BCUT2D eigenvalue weighted by atomic mass is 9.96. The molecular weight excluding hydrogens is 296 g/mol. The summed E-state index contributed by atoms with van der Waals surface area (Å²) in [5, 5.41) is 0. The third kappa shape index (κ3) is 5.42. The van der Waals surface area contributed by atoms with E-state index in [2.05, 4.69) is 43.7 Å². The molecule has 0 saturated heterocycles. The molecule has 0 aliphatic heterocycles. The van der Waals surface area contributed by atoms with Crippen molar-refractivity contribution in [2.24, 2.45) is 4.99 Å². The van der Waals surface area contributed by atoms with E-state index in [9.17, 15) is 0 Å². The van der Waals surface area contributed by atoms with Gasteiger partial charge in [-0.25, -0.2) is 0 Å². The highest BCUT2D eigenvalue weighted by Gasteiger charge is 2.12. The van der Waals surface area contributed by atoms with Crippen molar-refractivity contribution >= 4 is 30.2 Å². The van der Waals surface area contributed by atoms with Gasteiger partial charge in [-0.05, 0) is 38.4 Å². The Morgan fingerprint density at radius 3 is 2.67 bits per heavy atom. The van der Waals surface area contributed by atoms with Crippen LogP contribution in [0.3, 0.4) is 0 Å². The molecule has 2 rings (SSSR count). The van der Waals surface area contributed by atoms with Crippen molar-refractivity contribution in [3.05, 3.63) is 16.5 Å². The molecule has 1 fully saturated rings. The van der Waals surface area contributed by atoms with Gasteiger partial charge < -0.3 is 4.90 Å². The van der Waals surface area contributed by atoms with E-state index >= 15 is 0 Å². The van der Waals surface area contributed by atoms with Crippen LogP contribution in [0.2, 0.25) is 0 Å². The normalized spacial score (nSPS) is 17.1. The summed E-state index contributed by atoms with van der Waals surface area (Å²) in [6.45, 7) is 7.85. The second-order valence-corrected chi connectivity index (χ2v) is 7.71. The molecule has 21 heavy (non-hydrogen) atoms. The van der Waals surface area contributed by atoms with E-state index in [-0.39, 0.29) is 0 Å². The smallest absolute Gasteiger partial charge is 0.0658 e. The Morgan fingerprint density at radius 1 is 1.29 bits per heavy atom. The molecule has 1 saturated carbocycles. The first kappa shape index (κ1) is 17.0. The predicted octanol–water partition coefficient (Wildman–Crippen LogP) is 4.67. The maximum absolute atomic E-state index is 4.78. The van der Waals surface area contributed by atoms with E-state index in [1.54, 1.807) is 0 Å². The minimum atomic E-state index is 0.547. The number of nitrogens with zero attached hydrogens (tertiary/aromatic N) is 2. The zero-order valence-electron chi connectivity index (χ0n) is 13.3. The number of hydrogen-bond donors (Lipinski definition) is 1. The van der Waals surface area contributed by atoms with Crippen LogP contribution >= 0.6 is 24.0 Å². The third-order valence-corrected chi connectivity index (χ3v) is 5.90. The van der Waals surface area contributed by atoms with Crippen LogP contribution in [0.5, 0.6) is 0 Å². The van der Waals surface area contributed by atoms with E-state index in [0.29, 0.717) is 6.04 Å². The highest BCUT2D eigenvalue weighted by molar-refractivity contribution is 7.83. The van der Waals surface area contributed by atoms with Gasteiger partial charge >= 0.3 is 0 Å². The Balaban J connectivity index is 1.90. The highest BCUT2D eigenvalue weighted by Crippen LogP contribution is 2.26. The van der Waals surface area contributed by atoms with Crippen LogP contribution in [0.25, 0.3) is 0 Å². The molecular formula is C17H28N2S2. The Hall–Kier alpha value is -0.320. The topological polar surface area (TPSA) is 15.6 Å². The van der Waals surface area contributed by atoms with Gasteiger partial charge in [0, 0.05) is 29.2 Å². The van der Waals surface area contributed by atoms with Crippen molar-refractivity contribution in [1.29, 1.82) is 0 Å². The van der Waals surface area contributed by atoms with Crippen LogP contribution in [0.4, 0.5) is 0 Å². The van der Waals surface area contributed by atoms with E-state index in [4.69, 9.17) is 4.99 Å². The molecule has 1 aromatic heterocycles. The predicted molar refractivity (Wildman–Crippen MR) is 97.5 cm³/mol. The second kappa shape index (κ2) is 8.96. The van der Waals surface area contributed by atoms with Gasteiger partial charge in [0.2, 0.25) is 0 Å². The lowest BCUT2D eigenvalue weighted by Crippen LogP contribution is -2.25. The zero-order valence-corrected chi connectivity index (χ0v) is 15.1. The molecule has 1 aromatic rings. The lowest BCUT2D eigenvalue weighted by Gasteiger charge is -2.17. The van der Waals surface area contributed by atoms with Gasteiger partial charge in [-0.15, -0.1) is 24.0 Å². The van der Waals surface area contributed by atoms with Crippen molar-refractivity contribution in [1.82, 2.24) is 4.90 Å². The molecule has 0 N–H and O–H groups in total. The number of likely N-dealkylation sites (N-methyl/N-ethyl adjacent to an activating group) is 1. The van der Waals surface area contributed by atoms with Gasteiger partial charge in [0.05, 0.1) is 4.21 Å². The summed E-state index contributed by atoms with van der Waals surface area (Å²) in [4.78, 5) is 8.67. The Labute approximate surface area is 139 Å². The molecule has 1 aliphatic rings. The Bertz CT molecular complexity index is 444. The first-order valence-electron chi connectivity index (χ1n) is 8.30. The summed E-state index contributed by atoms with van der Waals surface area (Å²) in [5.74, 6) is 0. The van der Waals surface area contributed by atoms with Crippen molar-refractivity contribution in [2.45, 2.75) is 62.6 Å². The van der Waals surface area contributed by atoms with E-state index in [1.165, 1.54) is 42.5 Å². The van der Waals surface area contributed by atoms with Crippen molar-refractivity contribution in [2.75, 3.05) is 19.6 Å². The molecule has 0 bridgehead atoms. The fourth-order valence-corrected chi connectivity index (χ4v) is 4.22. The highest BCUT2D eigenvalue weighted by atomic mass is 32.2. The monoisotopic (exact) mass is 324 g/mol. The third-order valence-electron chi connectivity index (χ3n) is 4.36. The number of aliphatic imine (C=N–C) groups is 1. The summed E-state index contributed by atoms with van der Waals surface area (Å²) in [7, 11) is 0. The molecule has 0 amide bonds. The molecule has 118 valence electrons. The fraction of sp³-hybridized carbons (Fsp3) is 0.706. The van der Waals surface area contributed by atoms with Gasteiger partial charge in [0.25, 0.3) is 0 Å². The van der Waals surface area contributed by atoms with E-state index in [0.717, 1.165) is 30.3 Å². The van der Waals surface area contributed by atoms with Gasteiger partial charge in [-0.3, -0.25) is 4.99 Å². The zero-order chi connectivity index (χ0) is 15.1. The standard InChI is InChI=1S/C17H28N2S2/c1-3-19(4-2)11-10-16-12-14(17(20)21-16)13-18-15-8-6-5-7-9-15/h12-13,15,20H,3-11H2,1-2H3. The van der Waals surface area contributed by atoms with Crippen LogP contribution < -0.4 is 0 Å². The van der Waals surface area contributed by atoms with Crippen LogP contribution in [0.1, 0.15) is 56.4 Å². The quantitative estimate of drug-likeness (QED) is 0.569. The van der Waals surface area contributed by atoms with Crippen LogP contribution in [-0.4, -0.2) is 36.8 Å². The largest absolute Gasteiger partial charge is 0.304 e. The first-order valence-corrected chi connectivity index (χ1v) is 9.56. The van der Waals surface area contributed by atoms with Crippen molar-refractivity contribution in [3.8, 4) is 0 Å².